The molecule has 1 amide bonds. The first-order valence-corrected chi connectivity index (χ1v) is 11.0. The molecule has 0 aliphatic rings. The summed E-state index contributed by atoms with van der Waals surface area (Å²) in [5, 5.41) is 13.9. The zero-order valence-corrected chi connectivity index (χ0v) is 18.3. The molecule has 0 fully saturated rings. The third-order valence-corrected chi connectivity index (χ3v) is 5.75. The Morgan fingerprint density at radius 3 is 2.43 bits per heavy atom. The molecule has 0 bridgehead atoms. The van der Waals surface area contributed by atoms with Gasteiger partial charge in [0.05, 0.1) is 29.7 Å². The van der Waals surface area contributed by atoms with Crippen molar-refractivity contribution in [2.75, 3.05) is 23.0 Å². The maximum Gasteiger partial charge on any atom is 0.271 e. The van der Waals surface area contributed by atoms with Gasteiger partial charge >= 0.3 is 0 Å². The van der Waals surface area contributed by atoms with Crippen LogP contribution in [0.25, 0.3) is 0 Å². The lowest BCUT2D eigenvalue weighted by atomic mass is 10.1. The van der Waals surface area contributed by atoms with Crippen molar-refractivity contribution in [2.24, 2.45) is 0 Å². The lowest BCUT2D eigenvalue weighted by Gasteiger charge is -2.31. The second-order valence-electron chi connectivity index (χ2n) is 6.90. The van der Waals surface area contributed by atoms with Gasteiger partial charge in [0, 0.05) is 12.1 Å². The van der Waals surface area contributed by atoms with Gasteiger partial charge in [-0.05, 0) is 43.5 Å². The van der Waals surface area contributed by atoms with Crippen molar-refractivity contribution in [2.45, 2.75) is 33.2 Å². The number of rotatable bonds is 8. The van der Waals surface area contributed by atoms with Crippen LogP contribution in [0.15, 0.2) is 36.4 Å². The van der Waals surface area contributed by atoms with E-state index in [4.69, 9.17) is 4.74 Å². The van der Waals surface area contributed by atoms with E-state index < -0.39 is 26.9 Å². The average molecular weight is 436 g/mol. The number of carbonyl (C=O) groups is 1. The van der Waals surface area contributed by atoms with E-state index in [1.54, 1.807) is 26.0 Å². The van der Waals surface area contributed by atoms with Crippen molar-refractivity contribution >= 4 is 33.0 Å². The topological polar surface area (TPSA) is 119 Å². The highest BCUT2D eigenvalue weighted by Gasteiger charge is 2.33. The van der Waals surface area contributed by atoms with E-state index in [0.717, 1.165) is 16.1 Å². The number of hydrogen-bond donors (Lipinski definition) is 1. The molecule has 9 nitrogen and oxygen atoms in total. The Hall–Kier alpha value is -3.14. The number of anilines is 2. The number of benzene rings is 2. The second kappa shape index (κ2) is 9.12. The number of nitro groups is 1. The Labute approximate surface area is 175 Å². The number of hydrogen-bond acceptors (Lipinski definition) is 6. The number of amides is 1. The molecule has 0 aliphatic carbocycles. The molecule has 10 heteroatoms. The standard InChI is InChI=1S/C20H25N3O6S/c1-6-17(20(24)21-16-11-13(2)7-10-19(16)29-4)22(30(5,27)28)18-12-15(23(25)26)9-8-14(18)3/h7-12,17H,6H2,1-5H3,(H,21,24)/t17-/m1/s1. The summed E-state index contributed by atoms with van der Waals surface area (Å²) in [6.45, 7) is 5.15. The molecule has 0 saturated carbocycles. The van der Waals surface area contributed by atoms with Crippen LogP contribution in [0.4, 0.5) is 17.1 Å². The fourth-order valence-corrected chi connectivity index (χ4v) is 4.38. The molecule has 1 N–H and O–H groups in total. The van der Waals surface area contributed by atoms with E-state index in [1.165, 1.54) is 25.3 Å². The molecule has 0 radical (unpaired) electrons. The predicted octanol–water partition coefficient (Wildman–Crippen LogP) is 3.40. The highest BCUT2D eigenvalue weighted by Crippen LogP contribution is 2.31. The lowest BCUT2D eigenvalue weighted by molar-refractivity contribution is -0.384. The number of carbonyl (C=O) groups excluding carboxylic acids is 1. The van der Waals surface area contributed by atoms with Gasteiger partial charge < -0.3 is 10.1 Å². The van der Waals surface area contributed by atoms with Crippen molar-refractivity contribution in [1.29, 1.82) is 0 Å². The first-order valence-electron chi connectivity index (χ1n) is 9.19. The molecule has 0 saturated heterocycles. The molecule has 0 spiro atoms. The highest BCUT2D eigenvalue weighted by atomic mass is 32.2. The summed E-state index contributed by atoms with van der Waals surface area (Å²) in [5.74, 6) is -0.140. The summed E-state index contributed by atoms with van der Waals surface area (Å²) in [4.78, 5) is 23.7. The van der Waals surface area contributed by atoms with E-state index in [9.17, 15) is 23.3 Å². The van der Waals surface area contributed by atoms with Crippen LogP contribution in [0.2, 0.25) is 0 Å². The maximum absolute atomic E-state index is 13.1. The molecule has 0 aromatic heterocycles. The largest absolute Gasteiger partial charge is 0.495 e. The van der Waals surface area contributed by atoms with E-state index in [1.807, 2.05) is 13.0 Å². The smallest absolute Gasteiger partial charge is 0.271 e. The minimum atomic E-state index is -3.94. The van der Waals surface area contributed by atoms with Crippen LogP contribution in [0, 0.1) is 24.0 Å². The van der Waals surface area contributed by atoms with Gasteiger partial charge in [-0.25, -0.2) is 8.42 Å². The van der Waals surface area contributed by atoms with Crippen molar-refractivity contribution in [3.8, 4) is 5.75 Å². The lowest BCUT2D eigenvalue weighted by Crippen LogP contribution is -2.47. The van der Waals surface area contributed by atoms with E-state index in [-0.39, 0.29) is 17.8 Å². The molecule has 2 aromatic rings. The van der Waals surface area contributed by atoms with Crippen LogP contribution >= 0.6 is 0 Å². The zero-order chi connectivity index (χ0) is 22.6. The summed E-state index contributed by atoms with van der Waals surface area (Å²) in [6, 6.07) is 8.03. The maximum atomic E-state index is 13.1. The molecule has 0 unspecified atom stereocenters. The molecule has 30 heavy (non-hydrogen) atoms. The van der Waals surface area contributed by atoms with Crippen molar-refractivity contribution in [3.63, 3.8) is 0 Å². The van der Waals surface area contributed by atoms with Gasteiger partial charge in [-0.2, -0.15) is 0 Å². The van der Waals surface area contributed by atoms with Gasteiger partial charge in [0.15, 0.2) is 0 Å². The van der Waals surface area contributed by atoms with Crippen molar-refractivity contribution in [1.82, 2.24) is 0 Å². The summed E-state index contributed by atoms with van der Waals surface area (Å²) < 4.78 is 31.5. The van der Waals surface area contributed by atoms with E-state index in [2.05, 4.69) is 5.32 Å². The molecule has 0 heterocycles. The number of nitrogens with one attached hydrogen (secondary N) is 1. The third-order valence-electron chi connectivity index (χ3n) is 4.58. The summed E-state index contributed by atoms with van der Waals surface area (Å²) >= 11 is 0. The molecule has 1 atom stereocenters. The number of non-ortho nitro benzene ring substituents is 1. The van der Waals surface area contributed by atoms with Crippen LogP contribution in [0.1, 0.15) is 24.5 Å². The van der Waals surface area contributed by atoms with Crippen molar-refractivity contribution < 1.29 is 22.9 Å². The molecular formula is C20H25N3O6S. The van der Waals surface area contributed by atoms with Crippen LogP contribution < -0.4 is 14.4 Å². The minimum Gasteiger partial charge on any atom is -0.495 e. The number of nitro benzene ring substituents is 1. The predicted molar refractivity (Wildman–Crippen MR) is 116 cm³/mol. The third kappa shape index (κ3) is 5.07. The van der Waals surface area contributed by atoms with Crippen molar-refractivity contribution in [3.05, 3.63) is 57.6 Å². The number of methoxy groups -OCH3 is 1. The Balaban J connectivity index is 2.54. The quantitative estimate of drug-likeness (QED) is 0.501. The molecule has 0 aliphatic heterocycles. The van der Waals surface area contributed by atoms with Gasteiger partial charge in [0.1, 0.15) is 11.8 Å². The normalized spacial score (nSPS) is 12.2. The number of nitrogens with zero attached hydrogens (tertiary/aromatic N) is 2. The first-order chi connectivity index (χ1) is 14.0. The molecule has 2 aromatic carbocycles. The van der Waals surface area contributed by atoms with Crippen LogP contribution in [-0.2, 0) is 14.8 Å². The Kier molecular flexibility index (Phi) is 7.04. The zero-order valence-electron chi connectivity index (χ0n) is 17.5. The molecule has 162 valence electrons. The van der Waals surface area contributed by atoms with E-state index in [0.29, 0.717) is 17.0 Å². The summed E-state index contributed by atoms with van der Waals surface area (Å²) in [7, 11) is -2.47. The minimum absolute atomic E-state index is 0.0879. The fourth-order valence-electron chi connectivity index (χ4n) is 3.12. The Morgan fingerprint density at radius 1 is 1.23 bits per heavy atom. The summed E-state index contributed by atoms with van der Waals surface area (Å²) in [6.07, 6.45) is 1.11. The average Bonchev–Trinajstić information content (AvgIpc) is 2.65. The monoisotopic (exact) mass is 435 g/mol. The van der Waals surface area contributed by atoms with Gasteiger partial charge in [-0.15, -0.1) is 0 Å². The van der Waals surface area contributed by atoms with Gasteiger partial charge in [-0.3, -0.25) is 19.2 Å². The van der Waals surface area contributed by atoms with Crippen LogP contribution in [0.3, 0.4) is 0 Å². The Morgan fingerprint density at radius 2 is 1.90 bits per heavy atom. The Bertz CT molecular complexity index is 1070. The first kappa shape index (κ1) is 23.1. The number of aryl methyl sites for hydroxylation is 2. The van der Waals surface area contributed by atoms with Gasteiger partial charge in [-0.1, -0.05) is 19.1 Å². The SMILES string of the molecule is CC[C@H](C(=O)Nc1cc(C)ccc1OC)N(c1cc([N+](=O)[O-])ccc1C)S(C)(=O)=O. The molecular weight excluding hydrogens is 410 g/mol. The number of ether oxygens (including phenoxy) is 1. The summed E-state index contributed by atoms with van der Waals surface area (Å²) in [5.41, 5.74) is 1.61. The second-order valence-corrected chi connectivity index (χ2v) is 8.76. The highest BCUT2D eigenvalue weighted by molar-refractivity contribution is 7.92. The fraction of sp³-hybridized carbons (Fsp3) is 0.350. The van der Waals surface area contributed by atoms with Crippen LogP contribution in [0.5, 0.6) is 5.75 Å². The number of sulfonamides is 1. The molecule has 2 rings (SSSR count). The van der Waals surface area contributed by atoms with Gasteiger partial charge in [0.2, 0.25) is 15.9 Å². The van der Waals surface area contributed by atoms with E-state index >= 15 is 0 Å². The van der Waals surface area contributed by atoms with Crippen LogP contribution in [-0.4, -0.2) is 38.7 Å². The van der Waals surface area contributed by atoms with Gasteiger partial charge in [0.25, 0.3) is 5.69 Å².